The van der Waals surface area contributed by atoms with Crippen molar-refractivity contribution < 1.29 is 4.74 Å². The largest absolute Gasteiger partial charge is 0.497 e. The monoisotopic (exact) mass is 361 g/mol. The van der Waals surface area contributed by atoms with Crippen molar-refractivity contribution in [2.24, 2.45) is 12.8 Å². The number of nitrogens with zero attached hydrogens (tertiary/aromatic N) is 3. The Morgan fingerprint density at radius 2 is 1.85 bits per heavy atom. The van der Waals surface area contributed by atoms with Gasteiger partial charge in [0.2, 0.25) is 0 Å². The minimum Gasteiger partial charge on any atom is -0.497 e. The minimum atomic E-state index is -0.227. The lowest BCUT2D eigenvalue weighted by Gasteiger charge is -2.09. The minimum absolute atomic E-state index is 0.227. The van der Waals surface area contributed by atoms with Crippen molar-refractivity contribution in [3.8, 4) is 28.1 Å². The van der Waals surface area contributed by atoms with Gasteiger partial charge in [0, 0.05) is 30.1 Å². The maximum atomic E-state index is 12.1. The van der Waals surface area contributed by atoms with E-state index < -0.39 is 0 Å². The van der Waals surface area contributed by atoms with Crippen LogP contribution in [-0.2, 0) is 13.6 Å². The van der Waals surface area contributed by atoms with Crippen LogP contribution in [0.4, 0.5) is 0 Å². The zero-order valence-electron chi connectivity index (χ0n) is 15.1. The molecule has 4 rings (SSSR count). The molecule has 0 saturated carbocycles. The smallest absolute Gasteiger partial charge is 0.272 e. The molecule has 0 radical (unpaired) electrons. The number of nitrogens with two attached hydrogens (primary N) is 1. The van der Waals surface area contributed by atoms with Gasteiger partial charge in [0.1, 0.15) is 5.75 Å². The molecule has 3 N–H and O–H groups in total. The average molecular weight is 361 g/mol. The van der Waals surface area contributed by atoms with Crippen molar-refractivity contribution >= 4 is 10.8 Å². The van der Waals surface area contributed by atoms with Crippen LogP contribution in [0.2, 0.25) is 0 Å². The van der Waals surface area contributed by atoms with Gasteiger partial charge in [-0.1, -0.05) is 6.07 Å². The van der Waals surface area contributed by atoms with E-state index in [1.165, 1.54) is 0 Å². The second-order valence-corrected chi connectivity index (χ2v) is 6.22. The van der Waals surface area contributed by atoms with Crippen molar-refractivity contribution in [3.63, 3.8) is 0 Å². The summed E-state index contributed by atoms with van der Waals surface area (Å²) in [6, 6.07) is 13.5. The van der Waals surface area contributed by atoms with Gasteiger partial charge in [-0.15, -0.1) is 0 Å². The molecule has 2 heterocycles. The molecule has 0 unspecified atom stereocenters. The number of H-pyrrole nitrogens is 1. The zero-order valence-corrected chi connectivity index (χ0v) is 15.1. The standard InChI is InChI=1S/C20H19N5O2/c1-25-19(12-3-6-14(27-2)7-4-12)17(11-22-25)13-5-8-15-16(9-13)18(10-21)23-24-20(15)26/h3-9,11H,10,21H2,1-2H3,(H,24,26). The summed E-state index contributed by atoms with van der Waals surface area (Å²) in [7, 11) is 3.55. The Balaban J connectivity index is 1.90. The molecular formula is C20H19N5O2. The first-order valence-electron chi connectivity index (χ1n) is 8.50. The van der Waals surface area contributed by atoms with E-state index in [2.05, 4.69) is 15.3 Å². The Labute approximate surface area is 155 Å². The predicted molar refractivity (Wildman–Crippen MR) is 104 cm³/mol. The van der Waals surface area contributed by atoms with Gasteiger partial charge >= 0.3 is 0 Å². The molecule has 136 valence electrons. The molecule has 0 atom stereocenters. The molecule has 0 bridgehead atoms. The van der Waals surface area contributed by atoms with E-state index >= 15 is 0 Å². The third kappa shape index (κ3) is 2.88. The Kier molecular flexibility index (Phi) is 4.21. The molecule has 0 aliphatic rings. The molecule has 0 saturated heterocycles. The Morgan fingerprint density at radius 3 is 2.56 bits per heavy atom. The molecule has 0 aliphatic carbocycles. The molecule has 2 aromatic carbocycles. The van der Waals surface area contributed by atoms with E-state index in [1.54, 1.807) is 13.2 Å². The lowest BCUT2D eigenvalue weighted by molar-refractivity contribution is 0.415. The van der Waals surface area contributed by atoms with Crippen LogP contribution >= 0.6 is 0 Å². The fourth-order valence-electron chi connectivity index (χ4n) is 3.28. The highest BCUT2D eigenvalue weighted by molar-refractivity contribution is 5.91. The van der Waals surface area contributed by atoms with Gasteiger partial charge in [0.05, 0.1) is 30.1 Å². The van der Waals surface area contributed by atoms with E-state index in [-0.39, 0.29) is 12.1 Å². The first-order chi connectivity index (χ1) is 13.1. The van der Waals surface area contributed by atoms with Crippen LogP contribution in [0.5, 0.6) is 5.75 Å². The van der Waals surface area contributed by atoms with Crippen molar-refractivity contribution in [3.05, 3.63) is 64.7 Å². The van der Waals surface area contributed by atoms with Crippen molar-refractivity contribution in [1.29, 1.82) is 0 Å². The highest BCUT2D eigenvalue weighted by Crippen LogP contribution is 2.33. The van der Waals surface area contributed by atoms with E-state index in [4.69, 9.17) is 10.5 Å². The first kappa shape index (κ1) is 17.0. The number of aromatic amines is 1. The fourth-order valence-corrected chi connectivity index (χ4v) is 3.28. The number of hydrogen-bond acceptors (Lipinski definition) is 5. The average Bonchev–Trinajstić information content (AvgIpc) is 3.09. The lowest BCUT2D eigenvalue weighted by Crippen LogP contribution is -2.13. The first-order valence-corrected chi connectivity index (χ1v) is 8.50. The van der Waals surface area contributed by atoms with E-state index in [0.29, 0.717) is 11.1 Å². The summed E-state index contributed by atoms with van der Waals surface area (Å²) in [4.78, 5) is 12.1. The van der Waals surface area contributed by atoms with Crippen LogP contribution < -0.4 is 16.0 Å². The second-order valence-electron chi connectivity index (χ2n) is 6.22. The van der Waals surface area contributed by atoms with Gasteiger partial charge < -0.3 is 10.5 Å². The molecule has 7 heteroatoms. The SMILES string of the molecule is COc1ccc(-c2c(-c3ccc4c(=O)[nH]nc(CN)c4c3)cnn2C)cc1. The summed E-state index contributed by atoms with van der Waals surface area (Å²) >= 11 is 0. The number of hydrogen-bond donors (Lipinski definition) is 2. The van der Waals surface area contributed by atoms with Gasteiger partial charge in [-0.3, -0.25) is 9.48 Å². The molecule has 0 spiro atoms. The normalized spacial score (nSPS) is 11.1. The van der Waals surface area contributed by atoms with E-state index in [0.717, 1.165) is 33.5 Å². The molecule has 7 nitrogen and oxygen atoms in total. The maximum Gasteiger partial charge on any atom is 0.272 e. The molecule has 4 aromatic rings. The predicted octanol–water partition coefficient (Wildman–Crippen LogP) is 2.46. The van der Waals surface area contributed by atoms with Crippen molar-refractivity contribution in [2.45, 2.75) is 6.54 Å². The Hall–Kier alpha value is -3.45. The fraction of sp³-hybridized carbons (Fsp3) is 0.150. The third-order valence-electron chi connectivity index (χ3n) is 4.67. The number of ether oxygens (including phenoxy) is 1. The quantitative estimate of drug-likeness (QED) is 0.582. The van der Waals surface area contributed by atoms with Gasteiger partial charge in [-0.05, 0) is 42.0 Å². The molecule has 0 fully saturated rings. The third-order valence-corrected chi connectivity index (χ3v) is 4.67. The number of aromatic nitrogens is 4. The van der Waals surface area contributed by atoms with Crippen molar-refractivity contribution in [2.75, 3.05) is 7.11 Å². The van der Waals surface area contributed by atoms with Gasteiger partial charge in [0.25, 0.3) is 5.56 Å². The van der Waals surface area contributed by atoms with Crippen molar-refractivity contribution in [1.82, 2.24) is 20.0 Å². The number of methoxy groups -OCH3 is 1. The number of benzene rings is 2. The topological polar surface area (TPSA) is 98.8 Å². The van der Waals surface area contributed by atoms with E-state index in [9.17, 15) is 4.79 Å². The molecule has 0 aliphatic heterocycles. The number of aryl methyl sites for hydroxylation is 1. The summed E-state index contributed by atoms with van der Waals surface area (Å²) in [5, 5.41) is 12.3. The lowest BCUT2D eigenvalue weighted by atomic mass is 9.98. The molecular weight excluding hydrogens is 342 g/mol. The van der Waals surface area contributed by atoms with Crippen LogP contribution in [0.1, 0.15) is 5.69 Å². The summed E-state index contributed by atoms with van der Waals surface area (Å²) in [5.41, 5.74) is 10.1. The summed E-state index contributed by atoms with van der Waals surface area (Å²) < 4.78 is 7.08. The van der Waals surface area contributed by atoms with Crippen LogP contribution in [-0.4, -0.2) is 27.1 Å². The maximum absolute atomic E-state index is 12.1. The number of nitrogens with one attached hydrogen (secondary N) is 1. The van der Waals surface area contributed by atoms with Crippen LogP contribution in [0.15, 0.2) is 53.5 Å². The number of rotatable bonds is 4. The summed E-state index contributed by atoms with van der Waals surface area (Å²) in [5.74, 6) is 0.797. The summed E-state index contributed by atoms with van der Waals surface area (Å²) in [6.07, 6.45) is 1.82. The van der Waals surface area contributed by atoms with Crippen LogP contribution in [0.25, 0.3) is 33.2 Å². The molecule has 2 aromatic heterocycles. The van der Waals surface area contributed by atoms with Crippen LogP contribution in [0.3, 0.4) is 0 Å². The van der Waals surface area contributed by atoms with E-state index in [1.807, 2.05) is 54.3 Å². The van der Waals surface area contributed by atoms with Gasteiger partial charge in [-0.25, -0.2) is 5.10 Å². The zero-order chi connectivity index (χ0) is 19.0. The Morgan fingerprint density at radius 1 is 1.11 bits per heavy atom. The highest BCUT2D eigenvalue weighted by atomic mass is 16.5. The van der Waals surface area contributed by atoms with Gasteiger partial charge in [-0.2, -0.15) is 10.2 Å². The highest BCUT2D eigenvalue weighted by Gasteiger charge is 2.15. The molecule has 0 amide bonds. The van der Waals surface area contributed by atoms with Gasteiger partial charge in [0.15, 0.2) is 0 Å². The summed E-state index contributed by atoms with van der Waals surface area (Å²) in [6.45, 7) is 0.245. The van der Waals surface area contributed by atoms with Crippen LogP contribution in [0, 0.1) is 0 Å². The number of fused-ring (bicyclic) bond motifs is 1. The molecule has 27 heavy (non-hydrogen) atoms. The Bertz CT molecular complexity index is 1180. The second kappa shape index (κ2) is 6.69.